The predicted octanol–water partition coefficient (Wildman–Crippen LogP) is 3.34. The smallest absolute Gasteiger partial charge is 0.0754 e. The number of fused-ring (bicyclic) bond motifs is 1. The maximum Gasteiger partial charge on any atom is 0.0754 e. The van der Waals surface area contributed by atoms with Crippen molar-refractivity contribution >= 4 is 28.4 Å². The summed E-state index contributed by atoms with van der Waals surface area (Å²) in [5.74, 6) is 1.23. The molecule has 0 bridgehead atoms. The second-order valence-electron chi connectivity index (χ2n) is 6.06. The number of anilines is 1. The van der Waals surface area contributed by atoms with E-state index in [4.69, 9.17) is 0 Å². The quantitative estimate of drug-likeness (QED) is 0.861. The van der Waals surface area contributed by atoms with Gasteiger partial charge in [-0.25, -0.2) is 0 Å². The summed E-state index contributed by atoms with van der Waals surface area (Å²) in [5, 5.41) is 1.29. The van der Waals surface area contributed by atoms with Crippen LogP contribution in [0.4, 0.5) is 5.69 Å². The van der Waals surface area contributed by atoms with Crippen molar-refractivity contribution in [3.8, 4) is 0 Å². The fraction of sp³-hybridized carbons (Fsp3) is 0.500. The Labute approximate surface area is 137 Å². The molecule has 1 aromatic carbocycles. The third-order valence-electron chi connectivity index (χ3n) is 4.74. The van der Waals surface area contributed by atoms with E-state index in [0.717, 1.165) is 31.7 Å². The largest absolute Gasteiger partial charge is 0.368 e. The van der Waals surface area contributed by atoms with E-state index in [2.05, 4.69) is 53.1 Å². The van der Waals surface area contributed by atoms with Gasteiger partial charge in [-0.05, 0) is 37.3 Å². The monoisotopic (exact) mass is 315 g/mol. The van der Waals surface area contributed by atoms with E-state index in [1.54, 1.807) is 0 Å². The molecule has 1 aliphatic heterocycles. The van der Waals surface area contributed by atoms with Gasteiger partial charge in [0.1, 0.15) is 0 Å². The second-order valence-corrected chi connectivity index (χ2v) is 7.04. The number of nitrogens with zero attached hydrogens (tertiary/aromatic N) is 3. The van der Waals surface area contributed by atoms with Gasteiger partial charge in [0, 0.05) is 55.7 Å². The number of aryl methyl sites for hydroxylation is 2. The molecule has 0 unspecified atom stereocenters. The lowest BCUT2D eigenvalue weighted by atomic mass is 10.0. The summed E-state index contributed by atoms with van der Waals surface area (Å²) in [6.07, 6.45) is 4.15. The van der Waals surface area contributed by atoms with Crippen LogP contribution >= 0.6 is 11.8 Å². The number of aromatic nitrogens is 1. The molecule has 22 heavy (non-hydrogen) atoms. The summed E-state index contributed by atoms with van der Waals surface area (Å²) in [5.41, 5.74) is 5.12. The number of benzene rings is 1. The summed E-state index contributed by atoms with van der Waals surface area (Å²) in [6.45, 7) is 10.1. The van der Waals surface area contributed by atoms with Gasteiger partial charge in [-0.1, -0.05) is 12.1 Å². The lowest BCUT2D eigenvalue weighted by molar-refractivity contribution is 0.273. The van der Waals surface area contributed by atoms with Crippen LogP contribution in [-0.2, 0) is 0 Å². The molecule has 2 heterocycles. The fourth-order valence-electron chi connectivity index (χ4n) is 3.15. The van der Waals surface area contributed by atoms with Gasteiger partial charge < -0.3 is 4.90 Å². The highest BCUT2D eigenvalue weighted by molar-refractivity contribution is 7.98. The molecule has 1 aromatic heterocycles. The Morgan fingerprint density at radius 1 is 1.09 bits per heavy atom. The first-order valence-electron chi connectivity index (χ1n) is 8.02. The van der Waals surface area contributed by atoms with Gasteiger partial charge in [-0.3, -0.25) is 9.88 Å². The first-order chi connectivity index (χ1) is 10.7. The van der Waals surface area contributed by atoms with E-state index < -0.39 is 0 Å². The van der Waals surface area contributed by atoms with Crippen LogP contribution in [-0.4, -0.2) is 54.6 Å². The molecule has 3 nitrogen and oxygen atoms in total. The van der Waals surface area contributed by atoms with Crippen LogP contribution in [0.3, 0.4) is 0 Å². The molecular weight excluding hydrogens is 290 g/mol. The fourth-order valence-corrected chi connectivity index (χ4v) is 3.60. The second kappa shape index (κ2) is 6.88. The third-order valence-corrected chi connectivity index (χ3v) is 5.33. The zero-order chi connectivity index (χ0) is 15.5. The molecule has 0 amide bonds. The molecule has 4 heteroatoms. The molecule has 1 saturated heterocycles. The zero-order valence-electron chi connectivity index (χ0n) is 13.8. The highest BCUT2D eigenvalue weighted by Crippen LogP contribution is 2.29. The van der Waals surface area contributed by atoms with Crippen molar-refractivity contribution in [1.29, 1.82) is 0 Å². The maximum absolute atomic E-state index is 4.61. The summed E-state index contributed by atoms with van der Waals surface area (Å²) >= 11 is 1.93. The Bertz CT molecular complexity index is 648. The van der Waals surface area contributed by atoms with Crippen molar-refractivity contribution in [2.75, 3.05) is 49.6 Å². The lowest BCUT2D eigenvalue weighted by Gasteiger charge is -2.36. The summed E-state index contributed by atoms with van der Waals surface area (Å²) in [7, 11) is 0. The molecule has 0 radical (unpaired) electrons. The minimum absolute atomic E-state index is 1.11. The predicted molar refractivity (Wildman–Crippen MR) is 98.3 cm³/mol. The Hall–Kier alpha value is -1.26. The van der Waals surface area contributed by atoms with E-state index in [9.17, 15) is 0 Å². The number of rotatable bonds is 4. The topological polar surface area (TPSA) is 19.4 Å². The molecular formula is C18H25N3S. The highest BCUT2D eigenvalue weighted by Gasteiger charge is 2.18. The Morgan fingerprint density at radius 2 is 1.86 bits per heavy atom. The Morgan fingerprint density at radius 3 is 2.59 bits per heavy atom. The van der Waals surface area contributed by atoms with E-state index >= 15 is 0 Å². The average molecular weight is 315 g/mol. The zero-order valence-corrected chi connectivity index (χ0v) is 14.6. The summed E-state index contributed by atoms with van der Waals surface area (Å²) < 4.78 is 0. The van der Waals surface area contributed by atoms with E-state index in [1.165, 1.54) is 34.5 Å². The number of hydrogen-bond donors (Lipinski definition) is 0. The van der Waals surface area contributed by atoms with Gasteiger partial charge >= 0.3 is 0 Å². The van der Waals surface area contributed by atoms with Crippen molar-refractivity contribution in [2.45, 2.75) is 13.8 Å². The SMILES string of the molecule is CSCCN1CCN(c2ccnc3c(C)c(C)ccc23)CC1. The minimum Gasteiger partial charge on any atom is -0.368 e. The molecule has 118 valence electrons. The van der Waals surface area contributed by atoms with E-state index in [-0.39, 0.29) is 0 Å². The molecule has 3 rings (SSSR count). The van der Waals surface area contributed by atoms with Gasteiger partial charge in [-0.2, -0.15) is 11.8 Å². The first kappa shape index (κ1) is 15.6. The van der Waals surface area contributed by atoms with Crippen molar-refractivity contribution in [2.24, 2.45) is 0 Å². The van der Waals surface area contributed by atoms with E-state index in [1.807, 2.05) is 18.0 Å². The normalized spacial score (nSPS) is 16.4. The highest BCUT2D eigenvalue weighted by atomic mass is 32.2. The van der Waals surface area contributed by atoms with Crippen molar-refractivity contribution < 1.29 is 0 Å². The van der Waals surface area contributed by atoms with Crippen molar-refractivity contribution in [3.63, 3.8) is 0 Å². The van der Waals surface area contributed by atoms with Gasteiger partial charge in [0.2, 0.25) is 0 Å². The Kier molecular flexibility index (Phi) is 4.89. The molecule has 0 spiro atoms. The number of pyridine rings is 1. The van der Waals surface area contributed by atoms with Gasteiger partial charge in [0.15, 0.2) is 0 Å². The molecule has 0 saturated carbocycles. The number of piperazine rings is 1. The van der Waals surface area contributed by atoms with Crippen LogP contribution < -0.4 is 4.90 Å². The maximum atomic E-state index is 4.61. The lowest BCUT2D eigenvalue weighted by Crippen LogP contribution is -2.47. The molecule has 1 aliphatic rings. The minimum atomic E-state index is 1.11. The Balaban J connectivity index is 1.82. The molecule has 0 N–H and O–H groups in total. The number of hydrogen-bond acceptors (Lipinski definition) is 4. The molecule has 2 aromatic rings. The van der Waals surface area contributed by atoms with Crippen LogP contribution in [0.5, 0.6) is 0 Å². The van der Waals surface area contributed by atoms with Gasteiger partial charge in [0.25, 0.3) is 0 Å². The van der Waals surface area contributed by atoms with Crippen LogP contribution in [0.1, 0.15) is 11.1 Å². The van der Waals surface area contributed by atoms with Crippen molar-refractivity contribution in [1.82, 2.24) is 9.88 Å². The summed E-state index contributed by atoms with van der Waals surface area (Å²) in [4.78, 5) is 9.71. The van der Waals surface area contributed by atoms with Crippen LogP contribution in [0.2, 0.25) is 0 Å². The van der Waals surface area contributed by atoms with Crippen LogP contribution in [0.25, 0.3) is 10.9 Å². The molecule has 0 atom stereocenters. The first-order valence-corrected chi connectivity index (χ1v) is 9.41. The third kappa shape index (κ3) is 3.08. The summed E-state index contributed by atoms with van der Waals surface area (Å²) in [6, 6.07) is 6.63. The van der Waals surface area contributed by atoms with Crippen molar-refractivity contribution in [3.05, 3.63) is 35.5 Å². The molecule has 1 fully saturated rings. The van der Waals surface area contributed by atoms with Crippen LogP contribution in [0, 0.1) is 13.8 Å². The van der Waals surface area contributed by atoms with E-state index in [0.29, 0.717) is 0 Å². The van der Waals surface area contributed by atoms with Gasteiger partial charge in [0.05, 0.1) is 5.52 Å². The van der Waals surface area contributed by atoms with Crippen LogP contribution in [0.15, 0.2) is 24.4 Å². The number of thioether (sulfide) groups is 1. The average Bonchev–Trinajstić information content (AvgIpc) is 2.56. The molecule has 0 aliphatic carbocycles. The van der Waals surface area contributed by atoms with Gasteiger partial charge in [-0.15, -0.1) is 0 Å². The standard InChI is InChI=1S/C18H25N3S/c1-14-4-5-16-17(6-7-19-18(16)15(14)2)21-10-8-20(9-11-21)12-13-22-3/h4-7H,8-13H2,1-3H3.